The van der Waals surface area contributed by atoms with E-state index in [-0.39, 0.29) is 17.7 Å². The van der Waals surface area contributed by atoms with Crippen molar-refractivity contribution in [3.05, 3.63) is 83.7 Å². The number of amides is 10. The van der Waals surface area contributed by atoms with E-state index in [4.69, 9.17) is 10.8 Å². The maximum Gasteiger partial charge on any atom is 0.303 e. The number of rotatable bonds is 32. The van der Waals surface area contributed by atoms with Gasteiger partial charge in [0.25, 0.3) is 0 Å². The molecular formula is C53H71F2N11O15. The predicted octanol–water partition coefficient (Wildman–Crippen LogP) is -0.783. The molecule has 10 amide bonds. The van der Waals surface area contributed by atoms with Gasteiger partial charge < -0.3 is 73.1 Å². The van der Waals surface area contributed by atoms with E-state index in [2.05, 4.69) is 42.5 Å². The second-order valence-corrected chi connectivity index (χ2v) is 19.9. The number of carbonyl (C=O) groups is 12. The van der Waals surface area contributed by atoms with E-state index >= 15 is 4.39 Å². The molecule has 0 spiro atoms. The van der Waals surface area contributed by atoms with Crippen LogP contribution < -0.4 is 48.3 Å². The molecule has 0 aliphatic heterocycles. The SMILES string of the molecule is CC(=O)N[C@@H](C)C(=O)N[C@H](C)C(=O)N[C@@H](CC(N)=O)C(=O)N[C@@H](CCN(C(=O)CO)[C@@H](c1cc(-c2cc(F)ccc2F)cn1Cc1ccccc1)C(C)(C)C)C(=O)NCCNC(=O)[C@@H](CCC(=O)O)NC(=O)CNC(=O)CCC(=O)O. The zero-order chi connectivity index (χ0) is 60.7. The summed E-state index contributed by atoms with van der Waals surface area (Å²) in [7, 11) is 0. The minimum Gasteiger partial charge on any atom is -0.481 e. The van der Waals surface area contributed by atoms with Crippen LogP contribution in [0.2, 0.25) is 0 Å². The highest BCUT2D eigenvalue weighted by Crippen LogP contribution is 2.41. The second kappa shape index (κ2) is 31.7. The molecule has 1 heterocycles. The van der Waals surface area contributed by atoms with E-state index in [9.17, 15) is 72.1 Å². The van der Waals surface area contributed by atoms with E-state index in [0.717, 1.165) is 23.8 Å². The highest BCUT2D eigenvalue weighted by molar-refractivity contribution is 5.97. The number of aliphatic hydroxyl groups excluding tert-OH is 1. The van der Waals surface area contributed by atoms with E-state index < -0.39 is 196 Å². The topological polar surface area (TPSA) is 396 Å². The number of nitrogens with zero attached hydrogens (tertiary/aromatic N) is 2. The molecule has 26 nitrogen and oxygen atoms in total. The summed E-state index contributed by atoms with van der Waals surface area (Å²) in [5.74, 6) is -13.1. The number of nitrogens with two attached hydrogens (primary N) is 1. The number of nitrogens with one attached hydrogen (secondary N) is 8. The number of aliphatic hydroxyl groups is 1. The smallest absolute Gasteiger partial charge is 0.303 e. The van der Waals surface area contributed by atoms with Gasteiger partial charge >= 0.3 is 11.9 Å². The molecule has 0 bridgehead atoms. The van der Waals surface area contributed by atoms with E-state index in [1.54, 1.807) is 55.8 Å². The summed E-state index contributed by atoms with van der Waals surface area (Å²) in [5, 5.41) is 47.5. The summed E-state index contributed by atoms with van der Waals surface area (Å²) < 4.78 is 31.8. The number of carboxylic acid groups (broad SMARTS) is 2. The predicted molar refractivity (Wildman–Crippen MR) is 284 cm³/mol. The Morgan fingerprint density at radius 3 is 1.81 bits per heavy atom. The lowest BCUT2D eigenvalue weighted by atomic mass is 9.82. The molecule has 3 rings (SSSR count). The fourth-order valence-corrected chi connectivity index (χ4v) is 8.28. The first-order valence-corrected chi connectivity index (χ1v) is 25.6. The van der Waals surface area contributed by atoms with Crippen molar-refractivity contribution >= 4 is 71.0 Å². The Bertz CT molecular complexity index is 2770. The van der Waals surface area contributed by atoms with Gasteiger partial charge in [-0.15, -0.1) is 0 Å². The maximum absolute atomic E-state index is 15.4. The van der Waals surface area contributed by atoms with Gasteiger partial charge in [0, 0.05) is 69.0 Å². The molecule has 0 aliphatic rings. The van der Waals surface area contributed by atoms with Gasteiger partial charge in [-0.1, -0.05) is 51.1 Å². The Balaban J connectivity index is 2.03. The minimum absolute atomic E-state index is 0.0995. The molecule has 442 valence electrons. The molecule has 1 aromatic heterocycles. The van der Waals surface area contributed by atoms with Crippen LogP contribution >= 0.6 is 0 Å². The van der Waals surface area contributed by atoms with Crippen molar-refractivity contribution in [2.75, 3.05) is 32.8 Å². The highest BCUT2D eigenvalue weighted by atomic mass is 19.1. The molecule has 0 radical (unpaired) electrons. The molecule has 0 saturated heterocycles. The first-order valence-electron chi connectivity index (χ1n) is 25.6. The molecule has 0 aliphatic carbocycles. The first-order chi connectivity index (χ1) is 38.0. The van der Waals surface area contributed by atoms with Crippen molar-refractivity contribution in [1.82, 2.24) is 52.0 Å². The third-order valence-electron chi connectivity index (χ3n) is 12.2. The Morgan fingerprint density at radius 2 is 1.25 bits per heavy atom. The van der Waals surface area contributed by atoms with Crippen molar-refractivity contribution in [3.8, 4) is 11.1 Å². The summed E-state index contributed by atoms with van der Waals surface area (Å²) in [4.78, 5) is 154. The van der Waals surface area contributed by atoms with Crippen molar-refractivity contribution in [2.45, 2.75) is 123 Å². The largest absolute Gasteiger partial charge is 0.481 e. The number of hydrogen-bond acceptors (Lipinski definition) is 13. The fourth-order valence-electron chi connectivity index (χ4n) is 8.28. The quantitative estimate of drug-likeness (QED) is 0.0341. The lowest BCUT2D eigenvalue weighted by Crippen LogP contribution is -2.58. The fraction of sp³-hybridized carbons (Fsp3) is 0.472. The Morgan fingerprint density at radius 1 is 0.667 bits per heavy atom. The summed E-state index contributed by atoms with van der Waals surface area (Å²) in [6, 6.07) is 5.05. The third-order valence-corrected chi connectivity index (χ3v) is 12.2. The number of aliphatic carboxylic acids is 2. The Hall–Kier alpha value is -8.82. The standard InChI is InChI=1S/C53H71F2N11O15/c1-29(60-31(3)68)48(77)61-30(2)49(78)64-39(24-41(56)69)52(81)63-38(51(80)58-20-19-57-50(79)37(14-16-45(73)74)62-43(71)25-59-42(70)15-17-46(75)76)18-21-66(44(72)28-67)47(53(4,5)6)40-22-33(35-23-34(54)12-13-36(35)55)27-65(40)26-32-10-8-7-9-11-32/h7-13,22-23,27,29-30,37-39,47,67H,14-21,24-26,28H2,1-6H3,(H2,56,69)(H,57,79)(H,58,80)(H,59,70)(H,60,68)(H,61,77)(H,62,71)(H,63,81)(H,64,78)(H,73,74)(H,75,76)/t29-,30+,37+,38-,39-,47-/m0/s1. The van der Waals surface area contributed by atoms with Crippen LogP contribution in [0.4, 0.5) is 8.78 Å². The van der Waals surface area contributed by atoms with Crippen LogP contribution in [0.25, 0.3) is 11.1 Å². The zero-order valence-electron chi connectivity index (χ0n) is 45.7. The molecule has 0 fully saturated rings. The normalized spacial score (nSPS) is 13.3. The van der Waals surface area contributed by atoms with Crippen LogP contribution in [0.5, 0.6) is 0 Å². The van der Waals surface area contributed by atoms with Crippen LogP contribution in [0.15, 0.2) is 60.8 Å². The van der Waals surface area contributed by atoms with Crippen LogP contribution in [0.1, 0.15) is 97.4 Å². The average Bonchev–Trinajstić information content (AvgIpc) is 4.07. The number of hydrogen-bond donors (Lipinski definition) is 12. The molecule has 13 N–H and O–H groups in total. The molecule has 2 aromatic carbocycles. The van der Waals surface area contributed by atoms with E-state index in [1.807, 2.05) is 12.1 Å². The average molecular weight is 1140 g/mol. The van der Waals surface area contributed by atoms with Crippen LogP contribution in [-0.4, -0.2) is 159 Å². The zero-order valence-corrected chi connectivity index (χ0v) is 45.7. The summed E-state index contributed by atoms with van der Waals surface area (Å²) in [6.07, 6.45) is -1.73. The van der Waals surface area contributed by atoms with Crippen LogP contribution in [0.3, 0.4) is 0 Å². The van der Waals surface area contributed by atoms with Crippen molar-refractivity contribution in [3.63, 3.8) is 0 Å². The van der Waals surface area contributed by atoms with Gasteiger partial charge in [-0.2, -0.15) is 0 Å². The van der Waals surface area contributed by atoms with Gasteiger partial charge in [0.05, 0.1) is 25.4 Å². The number of primary amides is 1. The first kappa shape index (κ1) is 66.5. The molecular weight excluding hydrogens is 1070 g/mol. The van der Waals surface area contributed by atoms with Gasteiger partial charge in [-0.05, 0) is 61.9 Å². The number of carboxylic acids is 2. The van der Waals surface area contributed by atoms with Gasteiger partial charge in [-0.25, -0.2) is 8.78 Å². The van der Waals surface area contributed by atoms with Gasteiger partial charge in [0.15, 0.2) is 0 Å². The number of halogens is 2. The Kier molecular flexibility index (Phi) is 26.0. The van der Waals surface area contributed by atoms with Gasteiger partial charge in [0.2, 0.25) is 59.1 Å². The summed E-state index contributed by atoms with van der Waals surface area (Å²) in [6.45, 7) is 6.19. The van der Waals surface area contributed by atoms with Gasteiger partial charge in [-0.3, -0.25) is 57.5 Å². The molecule has 6 atom stereocenters. The minimum atomic E-state index is -1.80. The molecule has 0 saturated carbocycles. The van der Waals surface area contributed by atoms with E-state index in [0.29, 0.717) is 5.69 Å². The molecule has 0 unspecified atom stereocenters. The Labute approximate surface area is 465 Å². The van der Waals surface area contributed by atoms with Gasteiger partial charge in [0.1, 0.15) is 48.5 Å². The number of carbonyl (C=O) groups excluding carboxylic acids is 10. The lowest BCUT2D eigenvalue weighted by Gasteiger charge is -2.41. The second-order valence-electron chi connectivity index (χ2n) is 19.9. The van der Waals surface area contributed by atoms with Crippen molar-refractivity contribution < 1.29 is 81.6 Å². The van der Waals surface area contributed by atoms with Crippen molar-refractivity contribution in [1.29, 1.82) is 0 Å². The molecule has 28 heteroatoms. The lowest BCUT2D eigenvalue weighted by molar-refractivity contribution is -0.140. The number of benzene rings is 2. The highest BCUT2D eigenvalue weighted by Gasteiger charge is 2.39. The number of aromatic nitrogens is 1. The maximum atomic E-state index is 15.4. The summed E-state index contributed by atoms with van der Waals surface area (Å²) >= 11 is 0. The van der Waals surface area contributed by atoms with Crippen LogP contribution in [-0.2, 0) is 64.1 Å². The third kappa shape index (κ3) is 22.5. The van der Waals surface area contributed by atoms with E-state index in [1.165, 1.54) is 25.7 Å². The van der Waals surface area contributed by atoms with Crippen molar-refractivity contribution in [2.24, 2.45) is 11.1 Å². The summed E-state index contributed by atoms with van der Waals surface area (Å²) in [5.41, 5.74) is 5.81. The molecule has 81 heavy (non-hydrogen) atoms. The monoisotopic (exact) mass is 1140 g/mol. The van der Waals surface area contributed by atoms with Crippen LogP contribution in [0, 0.1) is 17.0 Å². The molecule has 3 aromatic rings.